The molecule has 4 aromatic rings. The molecule has 210 valence electrons. The van der Waals surface area contributed by atoms with Gasteiger partial charge in [-0.15, -0.1) is 0 Å². The molecular formula is C30H31N7O4. The molecule has 0 aliphatic carbocycles. The van der Waals surface area contributed by atoms with E-state index in [1.807, 2.05) is 75.4 Å². The first-order valence-electron chi connectivity index (χ1n) is 13.3. The van der Waals surface area contributed by atoms with Gasteiger partial charge < -0.3 is 20.7 Å². The van der Waals surface area contributed by atoms with Gasteiger partial charge in [0.2, 0.25) is 17.7 Å². The molecule has 1 saturated heterocycles. The van der Waals surface area contributed by atoms with Gasteiger partial charge in [-0.2, -0.15) is 4.98 Å². The van der Waals surface area contributed by atoms with Gasteiger partial charge in [0, 0.05) is 24.4 Å². The minimum absolute atomic E-state index is 0.0773. The van der Waals surface area contributed by atoms with Crippen LogP contribution in [0, 0.1) is 5.41 Å². The van der Waals surface area contributed by atoms with Crippen molar-refractivity contribution in [3.63, 3.8) is 0 Å². The van der Waals surface area contributed by atoms with Gasteiger partial charge in [0.05, 0.1) is 23.6 Å². The Kier molecular flexibility index (Phi) is 7.60. The lowest BCUT2D eigenvalue weighted by atomic mass is 9.85. The summed E-state index contributed by atoms with van der Waals surface area (Å²) < 4.78 is 6.37. The summed E-state index contributed by atoms with van der Waals surface area (Å²) in [6.45, 7) is 5.56. The highest BCUT2D eigenvalue weighted by molar-refractivity contribution is 5.97. The SMILES string of the molecule is CC(C)(C)[C@H](NC(=O)c1cnccn1)C(=O)N1C[C@H](Oc2nc(-c3ccccc3)nc3ccccc23)CC1C(N)=O. The number of nitrogens with zero attached hydrogens (tertiary/aromatic N) is 5. The average molecular weight is 554 g/mol. The number of amides is 3. The summed E-state index contributed by atoms with van der Waals surface area (Å²) in [4.78, 5) is 58.1. The maximum atomic E-state index is 13.9. The van der Waals surface area contributed by atoms with Gasteiger partial charge in [0.25, 0.3) is 5.91 Å². The van der Waals surface area contributed by atoms with Crippen molar-refractivity contribution in [2.24, 2.45) is 11.1 Å². The Labute approximate surface area is 237 Å². The number of aromatic nitrogens is 4. The van der Waals surface area contributed by atoms with Crippen molar-refractivity contribution in [3.05, 3.63) is 78.9 Å². The molecule has 1 fully saturated rings. The van der Waals surface area contributed by atoms with E-state index in [1.165, 1.54) is 23.5 Å². The number of hydrogen-bond acceptors (Lipinski definition) is 8. The zero-order valence-electron chi connectivity index (χ0n) is 23.0. The molecular weight excluding hydrogens is 522 g/mol. The minimum atomic E-state index is -0.970. The van der Waals surface area contributed by atoms with E-state index in [9.17, 15) is 14.4 Å². The maximum Gasteiger partial charge on any atom is 0.272 e. The standard InChI is InChI=1S/C30H31N7O4/c1-30(2,3)24(35-27(39)22-16-32-13-14-33-22)29(40)37-17-19(15-23(37)25(31)38)41-28-20-11-7-8-12-21(20)34-26(36-28)18-9-5-4-6-10-18/h4-14,16,19,23-24H,15,17H2,1-3H3,(H2,31,38)(H,35,39)/t19-,23?,24-/m1/s1. The second-order valence-corrected chi connectivity index (χ2v) is 11.0. The summed E-state index contributed by atoms with van der Waals surface area (Å²) in [6.07, 6.45) is 3.77. The second-order valence-electron chi connectivity index (χ2n) is 11.0. The lowest BCUT2D eigenvalue weighted by Crippen LogP contribution is -2.57. The lowest BCUT2D eigenvalue weighted by Gasteiger charge is -2.34. The van der Waals surface area contributed by atoms with Gasteiger partial charge in [-0.25, -0.2) is 9.97 Å². The number of carbonyl (C=O) groups is 3. The van der Waals surface area contributed by atoms with E-state index < -0.39 is 41.3 Å². The van der Waals surface area contributed by atoms with Crippen molar-refractivity contribution in [2.45, 2.75) is 45.4 Å². The number of ether oxygens (including phenoxy) is 1. The number of primary amides is 1. The lowest BCUT2D eigenvalue weighted by molar-refractivity contribution is -0.141. The molecule has 3 amide bonds. The summed E-state index contributed by atoms with van der Waals surface area (Å²) in [5.74, 6) is -0.802. The Hall–Kier alpha value is -4.93. The van der Waals surface area contributed by atoms with Crippen LogP contribution < -0.4 is 15.8 Å². The number of para-hydroxylation sites is 1. The van der Waals surface area contributed by atoms with Crippen LogP contribution in [0.1, 0.15) is 37.7 Å². The number of likely N-dealkylation sites (tertiary alicyclic amines) is 1. The van der Waals surface area contributed by atoms with Crippen molar-refractivity contribution in [2.75, 3.05) is 6.54 Å². The summed E-state index contributed by atoms with van der Waals surface area (Å²) in [5, 5.41) is 3.48. The summed E-state index contributed by atoms with van der Waals surface area (Å²) in [6, 6.07) is 15.1. The Bertz CT molecular complexity index is 1570. The molecule has 5 rings (SSSR count). The topological polar surface area (TPSA) is 153 Å². The molecule has 0 spiro atoms. The predicted molar refractivity (Wildman–Crippen MR) is 151 cm³/mol. The fraction of sp³-hybridized carbons (Fsp3) is 0.300. The number of rotatable bonds is 7. The molecule has 11 nitrogen and oxygen atoms in total. The van der Waals surface area contributed by atoms with Crippen LogP contribution in [-0.2, 0) is 9.59 Å². The summed E-state index contributed by atoms with van der Waals surface area (Å²) in [7, 11) is 0. The first-order chi connectivity index (χ1) is 19.6. The highest BCUT2D eigenvalue weighted by Gasteiger charge is 2.45. The number of fused-ring (bicyclic) bond motifs is 1. The molecule has 0 bridgehead atoms. The van der Waals surface area contributed by atoms with E-state index in [1.54, 1.807) is 0 Å². The first kappa shape index (κ1) is 27.6. The molecule has 1 aliphatic rings. The maximum absolute atomic E-state index is 13.9. The van der Waals surface area contributed by atoms with Crippen LogP contribution in [0.25, 0.3) is 22.3 Å². The molecule has 0 radical (unpaired) electrons. The number of carbonyl (C=O) groups excluding carboxylic acids is 3. The number of nitrogens with two attached hydrogens (primary N) is 1. The molecule has 3 N–H and O–H groups in total. The largest absolute Gasteiger partial charge is 0.472 e. The average Bonchev–Trinajstić information content (AvgIpc) is 3.40. The molecule has 41 heavy (non-hydrogen) atoms. The zero-order chi connectivity index (χ0) is 29.1. The summed E-state index contributed by atoms with van der Waals surface area (Å²) in [5.41, 5.74) is 6.67. The Morgan fingerprint density at radius 1 is 1.02 bits per heavy atom. The van der Waals surface area contributed by atoms with E-state index >= 15 is 0 Å². The minimum Gasteiger partial charge on any atom is -0.472 e. The van der Waals surface area contributed by atoms with Gasteiger partial charge in [-0.05, 0) is 17.5 Å². The monoisotopic (exact) mass is 553 g/mol. The molecule has 3 atom stereocenters. The van der Waals surface area contributed by atoms with Gasteiger partial charge in [0.1, 0.15) is 23.9 Å². The van der Waals surface area contributed by atoms with Gasteiger partial charge in [-0.3, -0.25) is 19.4 Å². The number of nitrogens with one attached hydrogen (secondary N) is 1. The van der Waals surface area contributed by atoms with E-state index in [2.05, 4.69) is 15.3 Å². The van der Waals surface area contributed by atoms with Crippen LogP contribution in [0.5, 0.6) is 5.88 Å². The highest BCUT2D eigenvalue weighted by atomic mass is 16.5. The van der Waals surface area contributed by atoms with Crippen LogP contribution in [0.2, 0.25) is 0 Å². The van der Waals surface area contributed by atoms with E-state index in [0.717, 1.165) is 5.56 Å². The Morgan fingerprint density at radius 2 is 1.76 bits per heavy atom. The second kappa shape index (κ2) is 11.3. The predicted octanol–water partition coefficient (Wildman–Crippen LogP) is 2.77. The Morgan fingerprint density at radius 3 is 2.44 bits per heavy atom. The molecule has 1 unspecified atom stereocenters. The normalized spacial score (nSPS) is 17.7. The third kappa shape index (κ3) is 5.98. The van der Waals surface area contributed by atoms with E-state index in [4.69, 9.17) is 20.4 Å². The van der Waals surface area contributed by atoms with Gasteiger partial charge in [-0.1, -0.05) is 63.2 Å². The van der Waals surface area contributed by atoms with Crippen molar-refractivity contribution < 1.29 is 19.1 Å². The Balaban J connectivity index is 1.42. The van der Waals surface area contributed by atoms with Crippen LogP contribution >= 0.6 is 0 Å². The van der Waals surface area contributed by atoms with Crippen LogP contribution in [0.15, 0.2) is 73.2 Å². The van der Waals surface area contributed by atoms with Gasteiger partial charge in [0.15, 0.2) is 5.82 Å². The van der Waals surface area contributed by atoms with E-state index in [0.29, 0.717) is 22.6 Å². The van der Waals surface area contributed by atoms with Crippen LogP contribution in [-0.4, -0.2) is 67.3 Å². The van der Waals surface area contributed by atoms with Crippen molar-refractivity contribution in [3.8, 4) is 17.3 Å². The molecule has 2 aromatic heterocycles. The van der Waals surface area contributed by atoms with Crippen molar-refractivity contribution in [1.82, 2.24) is 30.2 Å². The third-order valence-electron chi connectivity index (χ3n) is 6.94. The number of hydrogen-bond donors (Lipinski definition) is 2. The first-order valence-corrected chi connectivity index (χ1v) is 13.3. The highest BCUT2D eigenvalue weighted by Crippen LogP contribution is 2.31. The van der Waals surface area contributed by atoms with Crippen LogP contribution in [0.4, 0.5) is 0 Å². The molecule has 2 aromatic carbocycles. The van der Waals surface area contributed by atoms with Crippen molar-refractivity contribution >= 4 is 28.6 Å². The van der Waals surface area contributed by atoms with Crippen LogP contribution in [0.3, 0.4) is 0 Å². The molecule has 3 heterocycles. The molecule has 1 aliphatic heterocycles. The molecule has 0 saturated carbocycles. The third-order valence-corrected chi connectivity index (χ3v) is 6.94. The smallest absolute Gasteiger partial charge is 0.272 e. The molecule has 11 heteroatoms. The quantitative estimate of drug-likeness (QED) is 0.354. The fourth-order valence-corrected chi connectivity index (χ4v) is 4.84. The van der Waals surface area contributed by atoms with Crippen molar-refractivity contribution in [1.29, 1.82) is 0 Å². The summed E-state index contributed by atoms with van der Waals surface area (Å²) >= 11 is 0. The zero-order valence-corrected chi connectivity index (χ0v) is 23.0. The fourth-order valence-electron chi connectivity index (χ4n) is 4.84. The van der Waals surface area contributed by atoms with Gasteiger partial charge >= 0.3 is 0 Å². The van der Waals surface area contributed by atoms with E-state index in [-0.39, 0.29) is 18.7 Å². The number of benzene rings is 2.